The maximum atomic E-state index is 10.3. The number of carbonyl (C=O) groups is 2. The van der Waals surface area contributed by atoms with E-state index in [1.165, 1.54) is 6.07 Å². The summed E-state index contributed by atoms with van der Waals surface area (Å²) in [4.78, 5) is 20.6. The standard InChI is InChI=1S/C7H4Cl2O2.C7H7NO2/c8-5-1-3-6(4-2-5)11-7(9)10;8-6-4-2-1-3-5(6)7(9)10/h1-4H;1-4H,8H2,(H,9,10). The number of carboxylic acid groups (broad SMARTS) is 1. The van der Waals surface area contributed by atoms with E-state index in [4.69, 9.17) is 34.0 Å². The fraction of sp³-hybridized carbons (Fsp3) is 0. The Balaban J connectivity index is 0.000000211. The number of hydrogen-bond donors (Lipinski definition) is 2. The van der Waals surface area contributed by atoms with Crippen molar-refractivity contribution in [3.05, 3.63) is 59.1 Å². The van der Waals surface area contributed by atoms with E-state index < -0.39 is 11.4 Å². The third-order valence-corrected chi connectivity index (χ3v) is 2.53. The van der Waals surface area contributed by atoms with Gasteiger partial charge in [-0.1, -0.05) is 23.7 Å². The van der Waals surface area contributed by atoms with E-state index in [-0.39, 0.29) is 5.56 Å². The summed E-state index contributed by atoms with van der Waals surface area (Å²) in [6.45, 7) is 0. The van der Waals surface area contributed by atoms with Crippen LogP contribution >= 0.6 is 23.2 Å². The van der Waals surface area contributed by atoms with Gasteiger partial charge in [0, 0.05) is 22.3 Å². The molecule has 2 aromatic rings. The van der Waals surface area contributed by atoms with Gasteiger partial charge in [0.05, 0.1) is 5.56 Å². The molecule has 0 atom stereocenters. The first-order chi connectivity index (χ1) is 9.90. The van der Waals surface area contributed by atoms with Crippen molar-refractivity contribution < 1.29 is 19.4 Å². The molecule has 0 saturated heterocycles. The highest BCUT2D eigenvalue weighted by atomic mass is 35.5. The second kappa shape index (κ2) is 8.14. The number of aromatic carboxylic acids is 1. The summed E-state index contributed by atoms with van der Waals surface area (Å²) in [7, 11) is 0. The van der Waals surface area contributed by atoms with Gasteiger partial charge in [-0.3, -0.25) is 0 Å². The lowest BCUT2D eigenvalue weighted by Gasteiger charge is -1.97. The van der Waals surface area contributed by atoms with Crippen LogP contribution in [0, 0.1) is 0 Å². The third-order valence-electron chi connectivity index (χ3n) is 2.20. The summed E-state index contributed by atoms with van der Waals surface area (Å²) in [5.41, 5.74) is 4.94. The number of carbonyl (C=O) groups excluding carboxylic acids is 1. The SMILES string of the molecule is Nc1ccccc1C(=O)O.O=C(Cl)Oc1ccc(Cl)cc1. The van der Waals surface area contributed by atoms with Crippen molar-refractivity contribution in [3.63, 3.8) is 0 Å². The number of rotatable bonds is 2. The summed E-state index contributed by atoms with van der Waals surface area (Å²) in [5.74, 6) is -0.604. The van der Waals surface area contributed by atoms with Crippen molar-refractivity contribution in [1.82, 2.24) is 0 Å². The summed E-state index contributed by atoms with van der Waals surface area (Å²) in [5, 5.41) is 9.07. The maximum Gasteiger partial charge on any atom is 0.409 e. The summed E-state index contributed by atoms with van der Waals surface area (Å²) >= 11 is 10.5. The van der Waals surface area contributed by atoms with Crippen LogP contribution in [0.15, 0.2) is 48.5 Å². The highest BCUT2D eigenvalue weighted by Crippen LogP contribution is 2.16. The first-order valence-corrected chi connectivity index (χ1v) is 6.36. The van der Waals surface area contributed by atoms with Crippen LogP contribution in [0.5, 0.6) is 5.75 Å². The van der Waals surface area contributed by atoms with Crippen LogP contribution < -0.4 is 10.5 Å². The second-order valence-corrected chi connectivity index (χ2v) is 4.43. The second-order valence-electron chi connectivity index (χ2n) is 3.69. The predicted molar refractivity (Wildman–Crippen MR) is 81.1 cm³/mol. The Hall–Kier alpha value is -2.24. The van der Waals surface area contributed by atoms with Gasteiger partial charge in [-0.2, -0.15) is 0 Å². The number of nitrogens with two attached hydrogens (primary N) is 1. The van der Waals surface area contributed by atoms with Crippen LogP contribution in [0.3, 0.4) is 0 Å². The lowest BCUT2D eigenvalue weighted by molar-refractivity contribution is 0.0698. The number of nitrogen functional groups attached to an aromatic ring is 1. The molecular formula is C14H11Cl2NO4. The lowest BCUT2D eigenvalue weighted by atomic mass is 10.2. The van der Waals surface area contributed by atoms with Gasteiger partial charge in [-0.25, -0.2) is 9.59 Å². The largest absolute Gasteiger partial charge is 0.478 e. The molecule has 0 aliphatic heterocycles. The fourth-order valence-corrected chi connectivity index (χ4v) is 1.50. The van der Waals surface area contributed by atoms with Gasteiger partial charge in [0.15, 0.2) is 0 Å². The van der Waals surface area contributed by atoms with E-state index in [0.29, 0.717) is 16.5 Å². The van der Waals surface area contributed by atoms with E-state index in [0.717, 1.165) is 0 Å². The van der Waals surface area contributed by atoms with Crippen molar-refractivity contribution in [1.29, 1.82) is 0 Å². The minimum absolute atomic E-state index is 0.155. The van der Waals surface area contributed by atoms with Gasteiger partial charge in [-0.15, -0.1) is 0 Å². The molecule has 0 unspecified atom stereocenters. The Labute approximate surface area is 130 Å². The number of halogens is 2. The van der Waals surface area contributed by atoms with E-state index in [9.17, 15) is 9.59 Å². The van der Waals surface area contributed by atoms with Gasteiger partial charge in [0.25, 0.3) is 0 Å². The van der Waals surface area contributed by atoms with Crippen molar-refractivity contribution >= 4 is 40.3 Å². The Morgan fingerprint density at radius 3 is 2.05 bits per heavy atom. The first kappa shape index (κ1) is 16.8. The molecule has 0 aliphatic carbocycles. The van der Waals surface area contributed by atoms with E-state index in [2.05, 4.69) is 4.74 Å². The number of hydrogen-bond acceptors (Lipinski definition) is 4. The summed E-state index contributed by atoms with van der Waals surface area (Å²) in [6, 6.07) is 12.7. The van der Waals surface area contributed by atoms with Gasteiger partial charge in [0.1, 0.15) is 5.75 Å². The van der Waals surface area contributed by atoms with Crippen LogP contribution in [-0.4, -0.2) is 16.5 Å². The van der Waals surface area contributed by atoms with Gasteiger partial charge >= 0.3 is 11.4 Å². The highest BCUT2D eigenvalue weighted by molar-refractivity contribution is 6.61. The average Bonchev–Trinajstić information content (AvgIpc) is 2.42. The molecule has 7 heteroatoms. The molecule has 0 heterocycles. The molecule has 5 nitrogen and oxygen atoms in total. The van der Waals surface area contributed by atoms with Crippen molar-refractivity contribution in [3.8, 4) is 5.75 Å². The molecule has 0 spiro atoms. The molecule has 110 valence electrons. The van der Waals surface area contributed by atoms with Crippen LogP contribution in [0.4, 0.5) is 10.5 Å². The van der Waals surface area contributed by atoms with Crippen molar-refractivity contribution in [2.75, 3.05) is 5.73 Å². The molecule has 2 rings (SSSR count). The minimum Gasteiger partial charge on any atom is -0.478 e. The van der Waals surface area contributed by atoms with Crippen molar-refractivity contribution in [2.24, 2.45) is 0 Å². The normalized spacial score (nSPS) is 9.24. The predicted octanol–water partition coefficient (Wildman–Crippen LogP) is 4.04. The molecule has 3 N–H and O–H groups in total. The molecule has 0 amide bonds. The Morgan fingerprint density at radius 2 is 1.62 bits per heavy atom. The number of anilines is 1. The topological polar surface area (TPSA) is 89.6 Å². The monoisotopic (exact) mass is 327 g/mol. The first-order valence-electron chi connectivity index (χ1n) is 5.61. The van der Waals surface area contributed by atoms with Crippen LogP contribution in [-0.2, 0) is 0 Å². The molecular weight excluding hydrogens is 317 g/mol. The molecule has 0 radical (unpaired) electrons. The molecule has 0 saturated carbocycles. The zero-order valence-electron chi connectivity index (χ0n) is 10.6. The number of ether oxygens (including phenoxy) is 1. The quantitative estimate of drug-likeness (QED) is 0.641. The van der Waals surface area contributed by atoms with E-state index >= 15 is 0 Å². The number of carboxylic acids is 1. The van der Waals surface area contributed by atoms with E-state index in [1.54, 1.807) is 42.5 Å². The Morgan fingerprint density at radius 1 is 1.05 bits per heavy atom. The van der Waals surface area contributed by atoms with Crippen LogP contribution in [0.1, 0.15) is 10.4 Å². The van der Waals surface area contributed by atoms with E-state index in [1.807, 2.05) is 0 Å². The lowest BCUT2D eigenvalue weighted by Crippen LogP contribution is -2.00. The molecule has 2 aromatic carbocycles. The average molecular weight is 328 g/mol. The van der Waals surface area contributed by atoms with Gasteiger partial charge < -0.3 is 15.6 Å². The third kappa shape index (κ3) is 6.16. The van der Waals surface area contributed by atoms with Gasteiger partial charge in [0.2, 0.25) is 0 Å². The zero-order valence-corrected chi connectivity index (χ0v) is 12.1. The molecule has 0 fully saturated rings. The molecule has 0 bridgehead atoms. The smallest absolute Gasteiger partial charge is 0.409 e. The van der Waals surface area contributed by atoms with Crippen LogP contribution in [0.25, 0.3) is 0 Å². The summed E-state index contributed by atoms with van der Waals surface area (Å²) < 4.78 is 4.54. The van der Waals surface area contributed by atoms with Crippen LogP contribution in [0.2, 0.25) is 5.02 Å². The Bertz CT molecular complexity index is 629. The molecule has 0 aliphatic rings. The number of benzene rings is 2. The summed E-state index contributed by atoms with van der Waals surface area (Å²) in [6.07, 6.45) is 0. The zero-order chi connectivity index (χ0) is 15.8. The van der Waals surface area contributed by atoms with Crippen molar-refractivity contribution in [2.45, 2.75) is 0 Å². The van der Waals surface area contributed by atoms with Gasteiger partial charge in [-0.05, 0) is 36.4 Å². The maximum absolute atomic E-state index is 10.3. The number of para-hydroxylation sites is 1. The Kier molecular flexibility index (Phi) is 6.52. The minimum atomic E-state index is -0.988. The highest BCUT2D eigenvalue weighted by Gasteiger charge is 2.03. The fourth-order valence-electron chi connectivity index (χ4n) is 1.29. The molecule has 21 heavy (non-hydrogen) atoms. The molecule has 0 aromatic heterocycles.